The number of hydrogen-bond donors (Lipinski definition) is 2. The van der Waals surface area contributed by atoms with Crippen LogP contribution in [0.5, 0.6) is 0 Å². The molecule has 0 aliphatic carbocycles. The molecule has 0 aliphatic heterocycles. The zero-order chi connectivity index (χ0) is 50.1. The van der Waals surface area contributed by atoms with E-state index in [2.05, 4.69) is 74.7 Å². The lowest BCUT2D eigenvalue weighted by molar-refractivity contribution is -0.870. The maximum absolute atomic E-state index is 13.5. The van der Waals surface area contributed by atoms with Crippen LogP contribution in [0.15, 0.2) is 60.8 Å². The first kappa shape index (κ1) is 65.7. The van der Waals surface area contributed by atoms with Crippen LogP contribution >= 0.6 is 7.82 Å². The molecular formula is C58H108N2O7P+. The van der Waals surface area contributed by atoms with E-state index in [1.807, 2.05) is 33.3 Å². The molecular weight excluding hydrogens is 868 g/mol. The first-order valence-corrected chi connectivity index (χ1v) is 29.6. The van der Waals surface area contributed by atoms with Crippen LogP contribution in [0, 0.1) is 0 Å². The van der Waals surface area contributed by atoms with Crippen LogP contribution in [0.4, 0.5) is 0 Å². The van der Waals surface area contributed by atoms with E-state index in [9.17, 15) is 19.0 Å². The number of carbonyl (C=O) groups excluding carboxylic acids is 2. The second-order valence-corrected chi connectivity index (χ2v) is 21.6. The van der Waals surface area contributed by atoms with Crippen LogP contribution in [0.1, 0.15) is 245 Å². The van der Waals surface area contributed by atoms with Gasteiger partial charge in [0.05, 0.1) is 33.8 Å². The third-order valence-corrected chi connectivity index (χ3v) is 13.2. The van der Waals surface area contributed by atoms with Crippen molar-refractivity contribution < 1.29 is 37.3 Å². The second kappa shape index (κ2) is 48.3. The molecule has 0 aromatic rings. The maximum atomic E-state index is 13.5. The van der Waals surface area contributed by atoms with Gasteiger partial charge in [0.2, 0.25) is 5.91 Å². The lowest BCUT2D eigenvalue weighted by atomic mass is 10.0. The largest absolute Gasteiger partial charge is 0.472 e. The number of ether oxygens (including phenoxy) is 1. The molecule has 1 amide bonds. The van der Waals surface area contributed by atoms with Gasteiger partial charge in [-0.1, -0.05) is 210 Å². The summed E-state index contributed by atoms with van der Waals surface area (Å²) in [4.78, 5) is 37.5. The maximum Gasteiger partial charge on any atom is 0.472 e. The zero-order valence-electron chi connectivity index (χ0n) is 45.1. The third kappa shape index (κ3) is 48.7. The Bertz CT molecular complexity index is 1350. The molecule has 0 aromatic carbocycles. The van der Waals surface area contributed by atoms with E-state index in [0.29, 0.717) is 23.9 Å². The van der Waals surface area contributed by atoms with Gasteiger partial charge < -0.3 is 19.4 Å². The Morgan fingerprint density at radius 1 is 0.544 bits per heavy atom. The number of amides is 1. The highest BCUT2D eigenvalue weighted by Crippen LogP contribution is 2.43. The highest BCUT2D eigenvalue weighted by Gasteiger charge is 2.30. The first-order chi connectivity index (χ1) is 32.9. The summed E-state index contributed by atoms with van der Waals surface area (Å²) in [7, 11) is 1.47. The molecule has 0 saturated carbocycles. The molecule has 3 atom stereocenters. The number of rotatable bonds is 50. The summed E-state index contributed by atoms with van der Waals surface area (Å²) in [6.07, 6.45) is 59.3. The molecule has 0 saturated heterocycles. The Labute approximate surface area is 420 Å². The van der Waals surface area contributed by atoms with E-state index in [1.165, 1.54) is 116 Å². The van der Waals surface area contributed by atoms with E-state index in [-0.39, 0.29) is 31.5 Å². The van der Waals surface area contributed by atoms with Crippen molar-refractivity contribution in [3.8, 4) is 0 Å². The number of nitrogens with zero attached hydrogens (tertiary/aromatic N) is 1. The zero-order valence-corrected chi connectivity index (χ0v) is 46.0. The number of quaternary nitrogens is 1. The number of nitrogens with one attached hydrogen (secondary N) is 1. The Kier molecular flexibility index (Phi) is 46.7. The van der Waals surface area contributed by atoms with Gasteiger partial charge in [-0.2, -0.15) is 0 Å². The predicted molar refractivity (Wildman–Crippen MR) is 291 cm³/mol. The Morgan fingerprint density at radius 3 is 1.50 bits per heavy atom. The Morgan fingerprint density at radius 2 is 0.985 bits per heavy atom. The lowest BCUT2D eigenvalue weighted by Crippen LogP contribution is -2.47. The van der Waals surface area contributed by atoms with Crippen molar-refractivity contribution in [2.75, 3.05) is 40.9 Å². The van der Waals surface area contributed by atoms with E-state index in [1.54, 1.807) is 0 Å². The molecule has 0 aromatic heterocycles. The number of allylic oxidation sites excluding steroid dienone is 9. The molecule has 0 fully saturated rings. The average molecular weight is 976 g/mol. The number of carbonyl (C=O) groups is 2. The van der Waals surface area contributed by atoms with Crippen LogP contribution in [-0.4, -0.2) is 74.3 Å². The van der Waals surface area contributed by atoms with Gasteiger partial charge in [-0.3, -0.25) is 18.6 Å². The van der Waals surface area contributed by atoms with Crippen molar-refractivity contribution in [3.63, 3.8) is 0 Å². The standard InChI is InChI=1S/C58H107N2O7P/c1-7-10-13-16-19-22-25-28-30-31-32-35-38-41-44-47-50-57(61)59-55(54-66-68(63,64)65-53-52-60(4,5)6)56(49-46-43-40-37-34-27-24-21-18-15-12-9-3)67-58(62)51-48-45-42-39-36-33-29-26-23-20-17-14-11-8-2/h11,14,20,23,30-32,35,46,49,55-56H,7-10,12-13,15-19,21-22,24-29,33-34,36-45,47-48,50-54H2,1-6H3,(H-,59,61,63,64)/p+1/b14-11+,23-20+,31-30+,35-32+,49-46+. The topological polar surface area (TPSA) is 111 Å². The summed E-state index contributed by atoms with van der Waals surface area (Å²) in [6, 6.07) is -0.865. The molecule has 2 N–H and O–H groups in total. The van der Waals surface area contributed by atoms with Crippen molar-refractivity contribution in [2.45, 2.75) is 258 Å². The summed E-state index contributed by atoms with van der Waals surface area (Å²) in [6.45, 7) is 6.87. The van der Waals surface area contributed by atoms with Gasteiger partial charge in [0.15, 0.2) is 0 Å². The van der Waals surface area contributed by atoms with Crippen LogP contribution in [0.2, 0.25) is 0 Å². The fourth-order valence-corrected chi connectivity index (χ4v) is 8.59. The summed E-state index contributed by atoms with van der Waals surface area (Å²) < 4.78 is 30.6. The van der Waals surface area contributed by atoms with Crippen LogP contribution in [0.25, 0.3) is 0 Å². The normalized spacial score (nSPS) is 14.3. The smallest absolute Gasteiger partial charge is 0.456 e. The molecule has 0 spiro atoms. The number of phosphoric acid groups is 1. The quantitative estimate of drug-likeness (QED) is 0.0156. The Hall–Kier alpha value is -2.29. The molecule has 10 heteroatoms. The van der Waals surface area contributed by atoms with Crippen molar-refractivity contribution >= 4 is 19.7 Å². The van der Waals surface area contributed by atoms with Crippen molar-refractivity contribution in [2.24, 2.45) is 0 Å². The molecule has 0 heterocycles. The number of hydrogen-bond acceptors (Lipinski definition) is 6. The van der Waals surface area contributed by atoms with Gasteiger partial charge in [-0.25, -0.2) is 4.57 Å². The average Bonchev–Trinajstić information content (AvgIpc) is 3.29. The monoisotopic (exact) mass is 976 g/mol. The molecule has 3 unspecified atom stereocenters. The fourth-order valence-electron chi connectivity index (χ4n) is 7.85. The molecule has 0 bridgehead atoms. The SMILES string of the molecule is CC/C=C/C/C=C/CCCCCCCCCC(=O)OC(/C=C/CCCCCCCCCCCC)C(COP(=O)(O)OCC[N+](C)(C)C)NC(=O)CCCCC/C=C/C=C/CCCCCCCCC. The Balaban J connectivity index is 5.42. The number of unbranched alkanes of at least 4 members (excludes halogenated alkanes) is 27. The fraction of sp³-hybridized carbons (Fsp3) is 0.793. The van der Waals surface area contributed by atoms with Gasteiger partial charge in [0.1, 0.15) is 19.3 Å². The highest BCUT2D eigenvalue weighted by atomic mass is 31.2. The molecule has 396 valence electrons. The van der Waals surface area contributed by atoms with E-state index in [0.717, 1.165) is 89.9 Å². The van der Waals surface area contributed by atoms with Crippen LogP contribution in [-0.2, 0) is 27.9 Å². The highest BCUT2D eigenvalue weighted by molar-refractivity contribution is 7.47. The lowest BCUT2D eigenvalue weighted by Gasteiger charge is -2.27. The van der Waals surface area contributed by atoms with Crippen molar-refractivity contribution in [1.29, 1.82) is 0 Å². The number of esters is 1. The molecule has 68 heavy (non-hydrogen) atoms. The van der Waals surface area contributed by atoms with Gasteiger partial charge in [0, 0.05) is 12.8 Å². The predicted octanol–water partition coefficient (Wildman–Crippen LogP) is 16.7. The minimum atomic E-state index is -4.45. The molecule has 0 radical (unpaired) electrons. The van der Waals surface area contributed by atoms with Crippen molar-refractivity contribution in [3.05, 3.63) is 60.8 Å². The van der Waals surface area contributed by atoms with Gasteiger partial charge in [0.25, 0.3) is 0 Å². The van der Waals surface area contributed by atoms with Gasteiger partial charge >= 0.3 is 13.8 Å². The van der Waals surface area contributed by atoms with E-state index in [4.69, 9.17) is 13.8 Å². The van der Waals surface area contributed by atoms with E-state index < -0.39 is 20.0 Å². The summed E-state index contributed by atoms with van der Waals surface area (Å²) in [5.74, 6) is -0.545. The summed E-state index contributed by atoms with van der Waals surface area (Å²) in [5, 5.41) is 3.03. The number of likely N-dealkylation sites (N-methyl/N-ethyl adjacent to an activating group) is 1. The molecule has 0 aliphatic rings. The van der Waals surface area contributed by atoms with Crippen molar-refractivity contribution in [1.82, 2.24) is 5.32 Å². The summed E-state index contributed by atoms with van der Waals surface area (Å²) >= 11 is 0. The molecule has 0 rings (SSSR count). The van der Waals surface area contributed by atoms with Crippen LogP contribution in [0.3, 0.4) is 0 Å². The van der Waals surface area contributed by atoms with Gasteiger partial charge in [-0.15, -0.1) is 0 Å². The molecule has 9 nitrogen and oxygen atoms in total. The first-order valence-electron chi connectivity index (χ1n) is 28.1. The third-order valence-electron chi connectivity index (χ3n) is 12.2. The van der Waals surface area contributed by atoms with Gasteiger partial charge in [-0.05, 0) is 83.1 Å². The summed E-state index contributed by atoms with van der Waals surface area (Å²) in [5.41, 5.74) is 0. The number of phosphoric ester groups is 1. The van der Waals surface area contributed by atoms with Crippen LogP contribution < -0.4 is 5.32 Å². The minimum absolute atomic E-state index is 0.0325. The second-order valence-electron chi connectivity index (χ2n) is 20.1. The minimum Gasteiger partial charge on any atom is -0.456 e. The van der Waals surface area contributed by atoms with E-state index >= 15 is 0 Å².